The van der Waals surface area contributed by atoms with Crippen molar-refractivity contribution < 1.29 is 32.4 Å². The molecule has 12 heteroatoms. The van der Waals surface area contributed by atoms with Crippen molar-refractivity contribution in [3.05, 3.63) is 21.7 Å². The molecule has 1 aromatic carbocycles. The summed E-state index contributed by atoms with van der Waals surface area (Å²) in [7, 11) is -2.80. The third-order valence-electron chi connectivity index (χ3n) is 4.27. The molecule has 160 valence electrons. The Morgan fingerprint density at radius 3 is 2.34 bits per heavy atom. The summed E-state index contributed by atoms with van der Waals surface area (Å²) in [4.78, 5) is 34.8. The van der Waals surface area contributed by atoms with Crippen molar-refractivity contribution in [2.75, 3.05) is 23.4 Å². The fraction of sp³-hybridized carbons (Fsp3) is 0.529. The minimum Gasteiger partial charge on any atom is -0.486 e. The van der Waals surface area contributed by atoms with Gasteiger partial charge < -0.3 is 14.8 Å². The Morgan fingerprint density at radius 1 is 1.24 bits per heavy atom. The Bertz CT molecular complexity index is 923. The van der Waals surface area contributed by atoms with Gasteiger partial charge >= 0.3 is 11.7 Å². The van der Waals surface area contributed by atoms with Crippen LogP contribution in [0.15, 0.2) is 6.07 Å². The van der Waals surface area contributed by atoms with E-state index in [1.54, 1.807) is 0 Å². The highest BCUT2D eigenvalue weighted by atomic mass is 32.2. The lowest BCUT2D eigenvalue weighted by Gasteiger charge is -2.26. The number of nitro benzene ring substituents is 1. The Balaban J connectivity index is 2.78. The predicted octanol–water partition coefficient (Wildman–Crippen LogP) is 2.42. The Morgan fingerprint density at radius 2 is 1.86 bits per heavy atom. The van der Waals surface area contributed by atoms with Gasteiger partial charge in [0.25, 0.3) is 0 Å². The molecule has 11 nitrogen and oxygen atoms in total. The molecule has 2 rings (SSSR count). The Labute approximate surface area is 168 Å². The molecule has 1 aromatic rings. The van der Waals surface area contributed by atoms with Crippen molar-refractivity contribution in [2.45, 2.75) is 45.1 Å². The Kier molecular flexibility index (Phi) is 7.01. The summed E-state index contributed by atoms with van der Waals surface area (Å²) < 4.78 is 36.4. The SMILES string of the molecule is COC(=O)c1cc(NS(C)(=O)=O)c(OC2CCCCC2)c(NC(C)=O)c1[N+](=O)[O-]. The smallest absolute Gasteiger partial charge is 0.345 e. The molecule has 1 fully saturated rings. The zero-order valence-electron chi connectivity index (χ0n) is 16.3. The third kappa shape index (κ3) is 5.79. The van der Waals surface area contributed by atoms with Gasteiger partial charge in [0.15, 0.2) is 11.4 Å². The molecule has 1 aliphatic rings. The molecule has 0 unspecified atom stereocenters. The largest absolute Gasteiger partial charge is 0.486 e. The van der Waals surface area contributed by atoms with Crippen LogP contribution in [0.1, 0.15) is 49.4 Å². The van der Waals surface area contributed by atoms with E-state index in [4.69, 9.17) is 4.74 Å². The number of methoxy groups -OCH3 is 1. The summed E-state index contributed by atoms with van der Waals surface area (Å²) in [5, 5.41) is 14.0. The normalized spacial score (nSPS) is 14.7. The van der Waals surface area contributed by atoms with Gasteiger partial charge in [-0.2, -0.15) is 0 Å². The molecular weight excluding hydrogens is 406 g/mol. The molecule has 1 saturated carbocycles. The number of anilines is 2. The van der Waals surface area contributed by atoms with E-state index in [1.165, 1.54) is 0 Å². The second-order valence-corrected chi connectivity index (χ2v) is 8.45. The molecule has 0 bridgehead atoms. The van der Waals surface area contributed by atoms with Crippen molar-refractivity contribution in [3.63, 3.8) is 0 Å². The van der Waals surface area contributed by atoms with E-state index in [-0.39, 0.29) is 17.5 Å². The highest BCUT2D eigenvalue weighted by Crippen LogP contribution is 2.45. The van der Waals surface area contributed by atoms with Crippen molar-refractivity contribution in [2.24, 2.45) is 0 Å². The summed E-state index contributed by atoms with van der Waals surface area (Å²) in [5.41, 5.74) is -1.87. The molecule has 0 spiro atoms. The number of nitrogens with one attached hydrogen (secondary N) is 2. The maximum Gasteiger partial charge on any atom is 0.345 e. The zero-order valence-corrected chi connectivity index (χ0v) is 17.1. The van der Waals surface area contributed by atoms with Crippen LogP contribution in [0.5, 0.6) is 5.75 Å². The minimum atomic E-state index is -3.83. The fourth-order valence-corrected chi connectivity index (χ4v) is 3.70. The molecule has 0 aliphatic heterocycles. The van der Waals surface area contributed by atoms with Crippen LogP contribution in [0.4, 0.5) is 17.1 Å². The van der Waals surface area contributed by atoms with E-state index < -0.39 is 43.8 Å². The maximum atomic E-state index is 12.1. The number of sulfonamides is 1. The molecular formula is C17H23N3O8S. The number of benzene rings is 1. The van der Waals surface area contributed by atoms with E-state index in [0.717, 1.165) is 45.6 Å². The molecule has 0 atom stereocenters. The molecule has 0 radical (unpaired) electrons. The van der Waals surface area contributed by atoms with Crippen molar-refractivity contribution in [3.8, 4) is 5.75 Å². The highest BCUT2D eigenvalue weighted by molar-refractivity contribution is 7.92. The second-order valence-electron chi connectivity index (χ2n) is 6.71. The minimum absolute atomic E-state index is 0.201. The van der Waals surface area contributed by atoms with E-state index in [2.05, 4.69) is 14.8 Å². The van der Waals surface area contributed by atoms with Crippen molar-refractivity contribution in [1.82, 2.24) is 0 Å². The quantitative estimate of drug-likeness (QED) is 0.380. The molecule has 29 heavy (non-hydrogen) atoms. The van der Waals surface area contributed by atoms with Crippen LogP contribution < -0.4 is 14.8 Å². The van der Waals surface area contributed by atoms with Gasteiger partial charge in [-0.25, -0.2) is 13.2 Å². The monoisotopic (exact) mass is 429 g/mol. The number of nitrogens with zero attached hydrogens (tertiary/aromatic N) is 1. The predicted molar refractivity (Wildman–Crippen MR) is 105 cm³/mol. The number of nitro groups is 1. The number of hydrogen-bond donors (Lipinski definition) is 2. The summed E-state index contributed by atoms with van der Waals surface area (Å²) in [6.07, 6.45) is 4.70. The van der Waals surface area contributed by atoms with E-state index in [0.29, 0.717) is 12.8 Å². The maximum absolute atomic E-state index is 12.1. The van der Waals surface area contributed by atoms with Gasteiger partial charge in [-0.1, -0.05) is 6.42 Å². The van der Waals surface area contributed by atoms with Crippen LogP contribution in [0.3, 0.4) is 0 Å². The lowest BCUT2D eigenvalue weighted by Crippen LogP contribution is -2.23. The molecule has 0 heterocycles. The van der Waals surface area contributed by atoms with Gasteiger partial charge in [-0.15, -0.1) is 0 Å². The summed E-state index contributed by atoms with van der Waals surface area (Å²) >= 11 is 0. The average molecular weight is 429 g/mol. The molecule has 0 aromatic heterocycles. The van der Waals surface area contributed by atoms with Crippen LogP contribution in [0.2, 0.25) is 0 Å². The lowest BCUT2D eigenvalue weighted by molar-refractivity contribution is -0.384. The van der Waals surface area contributed by atoms with E-state index in [9.17, 15) is 28.1 Å². The van der Waals surface area contributed by atoms with E-state index >= 15 is 0 Å². The molecule has 0 saturated heterocycles. The van der Waals surface area contributed by atoms with Gasteiger partial charge in [-0.05, 0) is 31.7 Å². The number of rotatable bonds is 7. The first-order valence-electron chi connectivity index (χ1n) is 8.89. The van der Waals surface area contributed by atoms with Gasteiger partial charge in [0.1, 0.15) is 5.56 Å². The Hall–Kier alpha value is -2.89. The summed E-state index contributed by atoms with van der Waals surface area (Å²) in [5.74, 6) is -1.94. The second kappa shape index (κ2) is 9.07. The zero-order chi connectivity index (χ0) is 21.8. The molecule has 1 aliphatic carbocycles. The lowest BCUT2D eigenvalue weighted by atomic mass is 9.97. The standard InChI is InChI=1S/C17H23N3O8S/c1-10(21)18-14-15(20(23)24)12(17(22)27-2)9-13(19-29(3,25)26)16(14)28-11-7-5-4-6-8-11/h9,11,19H,4-8H2,1-3H3,(H,18,21). The number of carbonyl (C=O) groups excluding carboxylic acids is 2. The number of ether oxygens (including phenoxy) is 2. The summed E-state index contributed by atoms with van der Waals surface area (Å²) in [6, 6.07) is 0.981. The summed E-state index contributed by atoms with van der Waals surface area (Å²) in [6.45, 7) is 1.13. The van der Waals surface area contributed by atoms with Crippen LogP contribution in [-0.4, -0.2) is 44.7 Å². The van der Waals surface area contributed by atoms with E-state index in [1.807, 2.05) is 0 Å². The van der Waals surface area contributed by atoms with Crippen LogP contribution in [0.25, 0.3) is 0 Å². The highest BCUT2D eigenvalue weighted by Gasteiger charge is 2.34. The first-order valence-corrected chi connectivity index (χ1v) is 10.8. The van der Waals surface area contributed by atoms with Crippen LogP contribution in [0, 0.1) is 10.1 Å². The van der Waals surface area contributed by atoms with Gasteiger partial charge in [0, 0.05) is 6.92 Å². The molecule has 1 amide bonds. The van der Waals surface area contributed by atoms with Gasteiger partial charge in [-0.3, -0.25) is 19.6 Å². The molecule has 2 N–H and O–H groups in total. The van der Waals surface area contributed by atoms with Crippen LogP contribution >= 0.6 is 0 Å². The van der Waals surface area contributed by atoms with Crippen molar-refractivity contribution in [1.29, 1.82) is 0 Å². The van der Waals surface area contributed by atoms with Crippen LogP contribution in [-0.2, 0) is 19.6 Å². The number of esters is 1. The van der Waals surface area contributed by atoms with Gasteiger partial charge in [0.2, 0.25) is 15.9 Å². The third-order valence-corrected chi connectivity index (χ3v) is 4.86. The average Bonchev–Trinajstić information content (AvgIpc) is 2.62. The fourth-order valence-electron chi connectivity index (χ4n) is 3.15. The topological polar surface area (TPSA) is 154 Å². The number of hydrogen-bond acceptors (Lipinski definition) is 8. The van der Waals surface area contributed by atoms with Gasteiger partial charge in [0.05, 0.1) is 30.1 Å². The number of carbonyl (C=O) groups is 2. The number of amides is 1. The first kappa shape index (κ1) is 22.4. The first-order chi connectivity index (χ1) is 13.5. The van der Waals surface area contributed by atoms with Crippen molar-refractivity contribution >= 4 is 39.0 Å².